The second kappa shape index (κ2) is 5.62. The number of H-pyrrole nitrogens is 1. The average molecular weight is 228 g/mol. The van der Waals surface area contributed by atoms with Crippen molar-refractivity contribution in [3.8, 4) is 0 Å². The van der Waals surface area contributed by atoms with Crippen LogP contribution >= 0.6 is 0 Å². The minimum absolute atomic E-state index is 0.243. The number of aromatic nitrogens is 2. The zero-order chi connectivity index (χ0) is 12.1. The van der Waals surface area contributed by atoms with Gasteiger partial charge in [0, 0.05) is 0 Å². The van der Waals surface area contributed by atoms with Crippen molar-refractivity contribution >= 4 is 5.97 Å². The summed E-state index contributed by atoms with van der Waals surface area (Å²) in [5, 5.41) is 19.3. The fourth-order valence-corrected chi connectivity index (χ4v) is 1.30. The monoisotopic (exact) mass is 228 g/mol. The molecular formula is C10H16N2O4. The highest BCUT2D eigenvalue weighted by molar-refractivity contribution is 5.70. The van der Waals surface area contributed by atoms with Crippen molar-refractivity contribution in [2.45, 2.75) is 32.5 Å². The third-order valence-corrected chi connectivity index (χ3v) is 2.09. The molecule has 0 fully saturated rings. The summed E-state index contributed by atoms with van der Waals surface area (Å²) < 4.78 is 4.67. The van der Waals surface area contributed by atoms with Gasteiger partial charge in [-0.25, -0.2) is 4.98 Å². The van der Waals surface area contributed by atoms with Gasteiger partial charge in [0.2, 0.25) is 0 Å². The molecule has 0 saturated carbocycles. The van der Waals surface area contributed by atoms with Crippen molar-refractivity contribution in [1.29, 1.82) is 0 Å². The Morgan fingerprint density at radius 3 is 2.81 bits per heavy atom. The smallest absolute Gasteiger partial charge is 0.308 e. The maximum atomic E-state index is 11.1. The first-order chi connectivity index (χ1) is 7.54. The zero-order valence-corrected chi connectivity index (χ0v) is 9.30. The van der Waals surface area contributed by atoms with Crippen LogP contribution in [0, 0.1) is 6.92 Å². The molecule has 16 heavy (non-hydrogen) atoms. The number of hydrogen-bond acceptors (Lipinski definition) is 5. The Labute approximate surface area is 93.3 Å². The van der Waals surface area contributed by atoms with E-state index >= 15 is 0 Å². The molecule has 1 aromatic heterocycles. The lowest BCUT2D eigenvalue weighted by Gasteiger charge is -2.15. The molecule has 0 aliphatic rings. The number of aliphatic hydroxyl groups excluding tert-OH is 2. The van der Waals surface area contributed by atoms with Gasteiger partial charge in [-0.05, 0) is 13.8 Å². The first kappa shape index (κ1) is 12.7. The van der Waals surface area contributed by atoms with Crippen molar-refractivity contribution in [2.24, 2.45) is 0 Å². The Bertz CT molecular complexity index is 350. The number of aliphatic hydroxyl groups is 2. The molecule has 1 rings (SSSR count). The largest absolute Gasteiger partial charge is 0.466 e. The van der Waals surface area contributed by atoms with Crippen LogP contribution in [-0.2, 0) is 9.53 Å². The van der Waals surface area contributed by atoms with Crippen LogP contribution in [0.3, 0.4) is 0 Å². The van der Waals surface area contributed by atoms with Gasteiger partial charge in [-0.2, -0.15) is 0 Å². The predicted octanol–water partition coefficient (Wildman–Crippen LogP) is 0.0656. The van der Waals surface area contributed by atoms with Crippen molar-refractivity contribution in [2.75, 3.05) is 6.61 Å². The highest BCUT2D eigenvalue weighted by atomic mass is 16.5. The molecule has 6 nitrogen and oxygen atoms in total. The van der Waals surface area contributed by atoms with Gasteiger partial charge in [0.05, 0.1) is 31.0 Å². The Morgan fingerprint density at radius 2 is 2.31 bits per heavy atom. The number of rotatable bonds is 5. The minimum atomic E-state index is -1.20. The zero-order valence-electron chi connectivity index (χ0n) is 9.30. The lowest BCUT2D eigenvalue weighted by molar-refractivity contribution is -0.147. The third kappa shape index (κ3) is 3.32. The summed E-state index contributed by atoms with van der Waals surface area (Å²) in [6.07, 6.45) is -1.17. The fraction of sp³-hybridized carbons (Fsp3) is 0.600. The number of aryl methyl sites for hydroxylation is 1. The van der Waals surface area contributed by atoms with E-state index in [1.165, 1.54) is 6.20 Å². The number of ether oxygens (including phenoxy) is 1. The molecule has 0 aliphatic carbocycles. The minimum Gasteiger partial charge on any atom is -0.466 e. The Hall–Kier alpha value is -1.40. The molecule has 3 N–H and O–H groups in total. The standard InChI is InChI=1S/C10H16N2O4/c1-3-16-9(14)4-8(13)10(15)7-5-11-6(2)12-7/h5,8,10,13,15H,3-4H2,1-2H3,(H,11,12). The summed E-state index contributed by atoms with van der Waals surface area (Å²) in [6.45, 7) is 3.66. The number of aromatic amines is 1. The Balaban J connectivity index is 2.53. The van der Waals surface area contributed by atoms with E-state index in [0.29, 0.717) is 11.5 Å². The highest BCUT2D eigenvalue weighted by Gasteiger charge is 2.23. The van der Waals surface area contributed by atoms with E-state index < -0.39 is 18.2 Å². The van der Waals surface area contributed by atoms with Crippen LogP contribution in [0.5, 0.6) is 0 Å². The quantitative estimate of drug-likeness (QED) is 0.620. The van der Waals surface area contributed by atoms with E-state index in [0.717, 1.165) is 0 Å². The van der Waals surface area contributed by atoms with Gasteiger partial charge in [0.25, 0.3) is 0 Å². The normalized spacial score (nSPS) is 14.5. The summed E-state index contributed by atoms with van der Waals surface area (Å²) in [7, 11) is 0. The van der Waals surface area contributed by atoms with Crippen LogP contribution in [0.1, 0.15) is 31.0 Å². The van der Waals surface area contributed by atoms with Gasteiger partial charge in [-0.1, -0.05) is 0 Å². The lowest BCUT2D eigenvalue weighted by atomic mass is 10.1. The number of imidazole rings is 1. The van der Waals surface area contributed by atoms with E-state index in [9.17, 15) is 15.0 Å². The fourth-order valence-electron chi connectivity index (χ4n) is 1.30. The van der Waals surface area contributed by atoms with Crippen LogP contribution in [0.15, 0.2) is 6.20 Å². The van der Waals surface area contributed by atoms with Gasteiger partial charge in [0.1, 0.15) is 11.9 Å². The van der Waals surface area contributed by atoms with E-state index in [1.807, 2.05) is 0 Å². The molecule has 0 saturated heterocycles. The van der Waals surface area contributed by atoms with Gasteiger partial charge < -0.3 is 19.9 Å². The molecule has 6 heteroatoms. The van der Waals surface area contributed by atoms with Crippen molar-refractivity contribution < 1.29 is 19.7 Å². The lowest BCUT2D eigenvalue weighted by Crippen LogP contribution is -2.23. The maximum absolute atomic E-state index is 11.1. The molecular weight excluding hydrogens is 212 g/mol. The summed E-state index contributed by atoms with van der Waals surface area (Å²) >= 11 is 0. The molecule has 0 bridgehead atoms. The van der Waals surface area contributed by atoms with Gasteiger partial charge in [0.15, 0.2) is 0 Å². The SMILES string of the molecule is CCOC(=O)CC(O)C(O)c1cnc(C)[nH]1. The van der Waals surface area contributed by atoms with Gasteiger partial charge >= 0.3 is 5.97 Å². The molecule has 0 aromatic carbocycles. The second-order valence-corrected chi connectivity index (χ2v) is 3.45. The number of nitrogens with one attached hydrogen (secondary N) is 1. The number of carbonyl (C=O) groups excluding carboxylic acids is 1. The van der Waals surface area contributed by atoms with Crippen molar-refractivity contribution in [1.82, 2.24) is 9.97 Å². The van der Waals surface area contributed by atoms with Crippen molar-refractivity contribution in [3.05, 3.63) is 17.7 Å². The maximum Gasteiger partial charge on any atom is 0.308 e. The molecule has 2 atom stereocenters. The van der Waals surface area contributed by atoms with Crippen LogP contribution in [0.25, 0.3) is 0 Å². The van der Waals surface area contributed by atoms with Crippen LogP contribution in [0.2, 0.25) is 0 Å². The predicted molar refractivity (Wildman–Crippen MR) is 55.5 cm³/mol. The topological polar surface area (TPSA) is 95.4 Å². The molecule has 90 valence electrons. The molecule has 1 heterocycles. The molecule has 0 amide bonds. The van der Waals surface area contributed by atoms with E-state index in [4.69, 9.17) is 0 Å². The first-order valence-corrected chi connectivity index (χ1v) is 5.07. The van der Waals surface area contributed by atoms with Crippen LogP contribution in [-0.4, -0.2) is 38.9 Å². The molecule has 2 unspecified atom stereocenters. The van der Waals surface area contributed by atoms with Gasteiger partial charge in [-0.15, -0.1) is 0 Å². The number of nitrogens with zero attached hydrogens (tertiary/aromatic N) is 1. The number of esters is 1. The van der Waals surface area contributed by atoms with E-state index in [1.54, 1.807) is 13.8 Å². The first-order valence-electron chi connectivity index (χ1n) is 5.07. The third-order valence-electron chi connectivity index (χ3n) is 2.09. The molecule has 0 spiro atoms. The van der Waals surface area contributed by atoms with Gasteiger partial charge in [-0.3, -0.25) is 4.79 Å². The summed E-state index contributed by atoms with van der Waals surface area (Å²) in [5.41, 5.74) is 0.384. The highest BCUT2D eigenvalue weighted by Crippen LogP contribution is 2.17. The second-order valence-electron chi connectivity index (χ2n) is 3.45. The summed E-state index contributed by atoms with van der Waals surface area (Å²) in [5.74, 6) is 0.0997. The molecule has 0 radical (unpaired) electrons. The Morgan fingerprint density at radius 1 is 1.62 bits per heavy atom. The summed E-state index contributed by atoms with van der Waals surface area (Å²) in [6, 6.07) is 0. The summed E-state index contributed by atoms with van der Waals surface area (Å²) in [4.78, 5) is 17.8. The number of hydrogen-bond donors (Lipinski definition) is 3. The number of carbonyl (C=O) groups is 1. The van der Waals surface area contributed by atoms with E-state index in [2.05, 4.69) is 14.7 Å². The van der Waals surface area contributed by atoms with Crippen LogP contribution < -0.4 is 0 Å². The Kier molecular flexibility index (Phi) is 4.45. The van der Waals surface area contributed by atoms with Crippen LogP contribution in [0.4, 0.5) is 0 Å². The van der Waals surface area contributed by atoms with E-state index in [-0.39, 0.29) is 13.0 Å². The molecule has 1 aromatic rings. The molecule has 0 aliphatic heterocycles. The average Bonchev–Trinajstić information content (AvgIpc) is 2.64. The van der Waals surface area contributed by atoms with Crippen molar-refractivity contribution in [3.63, 3.8) is 0 Å².